The highest BCUT2D eigenvalue weighted by Gasteiger charge is 2.25. The minimum Gasteiger partial charge on any atom is -0.444 e. The number of pyridine rings is 1. The predicted octanol–water partition coefficient (Wildman–Crippen LogP) is 6.26. The molecule has 2 heterocycles. The molecule has 0 unspecified atom stereocenters. The van der Waals surface area contributed by atoms with Crippen LogP contribution in [0, 0.1) is 11.6 Å². The molecule has 0 fully saturated rings. The van der Waals surface area contributed by atoms with Gasteiger partial charge in [0.1, 0.15) is 17.2 Å². The van der Waals surface area contributed by atoms with Gasteiger partial charge < -0.3 is 10.1 Å². The molecule has 5 nitrogen and oxygen atoms in total. The van der Waals surface area contributed by atoms with Crippen molar-refractivity contribution in [1.29, 1.82) is 0 Å². The monoisotopic (exact) mass is 515 g/mol. The molecule has 0 saturated heterocycles. The summed E-state index contributed by atoms with van der Waals surface area (Å²) in [6, 6.07) is 4.45. The molecule has 0 aliphatic carbocycles. The maximum Gasteiger partial charge on any atom is 0.408 e. The summed E-state index contributed by atoms with van der Waals surface area (Å²) < 4.78 is 35.2. The van der Waals surface area contributed by atoms with Crippen molar-refractivity contribution < 1.29 is 18.3 Å². The molecule has 160 valence electrons. The number of thiazole rings is 1. The highest BCUT2D eigenvalue weighted by Crippen LogP contribution is 2.33. The number of benzene rings is 1. The van der Waals surface area contributed by atoms with Gasteiger partial charge in [0.15, 0.2) is 9.99 Å². The average Bonchev–Trinajstić information content (AvgIpc) is 2.99. The molecule has 0 aliphatic rings. The number of carbonyl (C=O) groups excluding carboxylic acids is 1. The maximum atomic E-state index is 13.7. The van der Waals surface area contributed by atoms with Crippen LogP contribution >= 0.6 is 39.0 Å². The Morgan fingerprint density at radius 2 is 1.90 bits per heavy atom. The number of halogens is 3. The van der Waals surface area contributed by atoms with Crippen molar-refractivity contribution in [2.24, 2.45) is 0 Å². The second kappa shape index (κ2) is 9.15. The van der Waals surface area contributed by atoms with E-state index in [1.54, 1.807) is 20.8 Å². The normalized spacial score (nSPS) is 12.8. The molecule has 0 aliphatic heterocycles. The summed E-state index contributed by atoms with van der Waals surface area (Å²) in [6.45, 7) is 5.26. The number of nitrogens with zero attached hydrogens (tertiary/aromatic N) is 2. The number of hydrogen-bond acceptors (Lipinski definition) is 6. The Kier molecular flexibility index (Phi) is 6.98. The first-order valence-electron chi connectivity index (χ1n) is 8.99. The van der Waals surface area contributed by atoms with Crippen LogP contribution in [0.4, 0.5) is 13.6 Å². The van der Waals surface area contributed by atoms with Crippen molar-refractivity contribution in [2.45, 2.75) is 43.2 Å². The molecule has 1 amide bonds. The predicted molar refractivity (Wildman–Crippen MR) is 119 cm³/mol. The van der Waals surface area contributed by atoms with E-state index in [9.17, 15) is 13.6 Å². The van der Waals surface area contributed by atoms with E-state index >= 15 is 0 Å². The Labute approximate surface area is 189 Å². The lowest BCUT2D eigenvalue weighted by atomic mass is 10.0. The van der Waals surface area contributed by atoms with Crippen LogP contribution in [-0.4, -0.2) is 27.9 Å². The molecule has 3 aromatic rings. The summed E-state index contributed by atoms with van der Waals surface area (Å²) in [6.07, 6.45) is 1.39. The van der Waals surface area contributed by atoms with Crippen LogP contribution in [0.25, 0.3) is 10.3 Å². The second-order valence-electron chi connectivity index (χ2n) is 7.54. The number of ether oxygens (including phenoxy) is 1. The van der Waals surface area contributed by atoms with E-state index in [1.807, 2.05) is 12.3 Å². The van der Waals surface area contributed by atoms with Crippen molar-refractivity contribution in [3.63, 3.8) is 0 Å². The zero-order valence-electron chi connectivity index (χ0n) is 16.8. The summed E-state index contributed by atoms with van der Waals surface area (Å²) in [4.78, 5) is 21.5. The first-order chi connectivity index (χ1) is 14.0. The number of amides is 1. The standard InChI is InChI=1S/C20H20BrF2N3O2S2/c1-20(2,3)28-18(27)24-14(7-10-5-11(22)8-12(23)6-10)16-13(21)9-15-17(25-16)26-19(29-4)30-15/h5-6,8-9,14H,7H2,1-4H3,(H,24,27)/t14-/m1/s1. The van der Waals surface area contributed by atoms with E-state index in [0.717, 1.165) is 15.1 Å². The number of carbonyl (C=O) groups is 1. The number of hydrogen-bond donors (Lipinski definition) is 1. The molecule has 30 heavy (non-hydrogen) atoms. The minimum absolute atomic E-state index is 0.116. The largest absolute Gasteiger partial charge is 0.444 e. The molecule has 1 N–H and O–H groups in total. The SMILES string of the molecule is CSc1nc2nc([C@@H](Cc3cc(F)cc(F)c3)NC(=O)OC(C)(C)C)c(Br)cc2s1. The summed E-state index contributed by atoms with van der Waals surface area (Å²) >= 11 is 6.54. The van der Waals surface area contributed by atoms with Gasteiger partial charge >= 0.3 is 6.09 Å². The highest BCUT2D eigenvalue weighted by molar-refractivity contribution is 9.10. The number of rotatable bonds is 5. The fourth-order valence-corrected chi connectivity index (χ4v) is 5.00. The van der Waals surface area contributed by atoms with Gasteiger partial charge in [-0.05, 0) is 73.1 Å². The lowest BCUT2D eigenvalue weighted by molar-refractivity contribution is 0.0502. The molecule has 0 bridgehead atoms. The number of thioether (sulfide) groups is 1. The molecule has 0 spiro atoms. The van der Waals surface area contributed by atoms with Crippen LogP contribution in [0.5, 0.6) is 0 Å². The van der Waals surface area contributed by atoms with Gasteiger partial charge in [-0.1, -0.05) is 11.8 Å². The van der Waals surface area contributed by atoms with E-state index in [1.165, 1.54) is 35.2 Å². The van der Waals surface area contributed by atoms with Crippen molar-refractivity contribution in [3.05, 3.63) is 51.6 Å². The van der Waals surface area contributed by atoms with Crippen LogP contribution in [0.1, 0.15) is 38.1 Å². The Balaban J connectivity index is 2.00. The summed E-state index contributed by atoms with van der Waals surface area (Å²) in [5, 5.41) is 2.78. The van der Waals surface area contributed by atoms with E-state index in [0.29, 0.717) is 21.4 Å². The highest BCUT2D eigenvalue weighted by atomic mass is 79.9. The summed E-state index contributed by atoms with van der Waals surface area (Å²) in [5.74, 6) is -1.37. The van der Waals surface area contributed by atoms with Crippen LogP contribution in [0.2, 0.25) is 0 Å². The number of alkyl carbamates (subject to hydrolysis) is 1. The zero-order chi connectivity index (χ0) is 22.1. The van der Waals surface area contributed by atoms with Gasteiger partial charge in [-0.15, -0.1) is 11.3 Å². The molecular weight excluding hydrogens is 496 g/mol. The van der Waals surface area contributed by atoms with Crippen molar-refractivity contribution in [2.75, 3.05) is 6.26 Å². The smallest absolute Gasteiger partial charge is 0.408 e. The van der Waals surface area contributed by atoms with Gasteiger partial charge in [0.05, 0.1) is 16.4 Å². The van der Waals surface area contributed by atoms with Gasteiger partial charge in [-0.25, -0.2) is 23.5 Å². The number of aromatic nitrogens is 2. The first kappa shape index (κ1) is 22.9. The Bertz CT molecular complexity index is 1070. The topological polar surface area (TPSA) is 64.1 Å². The van der Waals surface area contributed by atoms with E-state index in [4.69, 9.17) is 4.74 Å². The van der Waals surface area contributed by atoms with Crippen LogP contribution < -0.4 is 5.32 Å². The van der Waals surface area contributed by atoms with Crippen molar-refractivity contribution in [3.8, 4) is 0 Å². The lowest BCUT2D eigenvalue weighted by Gasteiger charge is -2.24. The summed E-state index contributed by atoms with van der Waals surface area (Å²) in [5.41, 5.74) is 0.724. The van der Waals surface area contributed by atoms with E-state index in [-0.39, 0.29) is 6.42 Å². The van der Waals surface area contributed by atoms with E-state index in [2.05, 4.69) is 31.2 Å². The van der Waals surface area contributed by atoms with Crippen LogP contribution in [-0.2, 0) is 11.2 Å². The third-order valence-electron chi connectivity index (χ3n) is 3.90. The van der Waals surface area contributed by atoms with Crippen LogP contribution in [0.3, 0.4) is 0 Å². The third kappa shape index (κ3) is 5.89. The van der Waals surface area contributed by atoms with Gasteiger partial charge in [-0.3, -0.25) is 0 Å². The molecule has 1 aromatic carbocycles. The molecule has 10 heteroatoms. The number of fused-ring (bicyclic) bond motifs is 1. The molecule has 0 saturated carbocycles. The third-order valence-corrected chi connectivity index (χ3v) is 6.51. The molecule has 0 radical (unpaired) electrons. The Morgan fingerprint density at radius 1 is 1.23 bits per heavy atom. The van der Waals surface area contributed by atoms with Crippen LogP contribution in [0.15, 0.2) is 33.1 Å². The number of nitrogens with one attached hydrogen (secondary N) is 1. The minimum atomic E-state index is -0.698. The summed E-state index contributed by atoms with van der Waals surface area (Å²) in [7, 11) is 0. The quantitative estimate of drug-likeness (QED) is 0.406. The van der Waals surface area contributed by atoms with Gasteiger partial charge in [0.2, 0.25) is 0 Å². The molecular formula is C20H20BrF2N3O2S2. The fraction of sp³-hybridized carbons (Fsp3) is 0.350. The first-order valence-corrected chi connectivity index (χ1v) is 11.8. The van der Waals surface area contributed by atoms with Gasteiger partial charge in [-0.2, -0.15) is 0 Å². The fourth-order valence-electron chi connectivity index (χ4n) is 2.80. The Hall–Kier alpha value is -1.78. The molecule has 3 rings (SSSR count). The van der Waals surface area contributed by atoms with Crippen molar-refractivity contribution >= 4 is 55.5 Å². The van der Waals surface area contributed by atoms with Gasteiger partial charge in [0.25, 0.3) is 0 Å². The maximum absolute atomic E-state index is 13.7. The second-order valence-corrected chi connectivity index (χ2v) is 10.5. The lowest BCUT2D eigenvalue weighted by Crippen LogP contribution is -2.36. The average molecular weight is 516 g/mol. The van der Waals surface area contributed by atoms with Crippen molar-refractivity contribution in [1.82, 2.24) is 15.3 Å². The molecule has 1 atom stereocenters. The van der Waals surface area contributed by atoms with E-state index < -0.39 is 29.4 Å². The molecule has 2 aromatic heterocycles. The zero-order valence-corrected chi connectivity index (χ0v) is 20.0. The Morgan fingerprint density at radius 3 is 2.50 bits per heavy atom. The van der Waals surface area contributed by atoms with Gasteiger partial charge in [0, 0.05) is 10.5 Å².